The third-order valence-corrected chi connectivity index (χ3v) is 4.69. The summed E-state index contributed by atoms with van der Waals surface area (Å²) >= 11 is 0. The molecule has 0 aliphatic carbocycles. The van der Waals surface area contributed by atoms with Gasteiger partial charge >= 0.3 is 0 Å². The van der Waals surface area contributed by atoms with Gasteiger partial charge in [-0.2, -0.15) is 5.26 Å². The molecule has 0 atom stereocenters. The predicted octanol–water partition coefficient (Wildman–Crippen LogP) is 5.75. The van der Waals surface area contributed by atoms with Crippen LogP contribution in [0.3, 0.4) is 0 Å². The minimum absolute atomic E-state index is 0.589. The van der Waals surface area contributed by atoms with Crippen LogP contribution in [0.4, 0.5) is 0 Å². The molecule has 2 nitrogen and oxygen atoms in total. The zero-order valence-electron chi connectivity index (χ0n) is 15.3. The molecule has 0 N–H and O–H groups in total. The maximum absolute atomic E-state index is 8.85. The van der Waals surface area contributed by atoms with Gasteiger partial charge in [-0.05, 0) is 54.5 Å². The molecule has 2 aromatic carbocycles. The number of hydrogen-bond donors (Lipinski definition) is 0. The van der Waals surface area contributed by atoms with Gasteiger partial charge in [-0.3, -0.25) is 4.98 Å². The van der Waals surface area contributed by atoms with Crippen molar-refractivity contribution in [2.24, 2.45) is 0 Å². The Labute approximate surface area is 156 Å². The number of aryl methyl sites for hydroxylation is 3. The Morgan fingerprint density at radius 2 is 1.35 bits per heavy atom. The summed E-state index contributed by atoms with van der Waals surface area (Å²) in [4.78, 5) is 4.35. The standard InChI is InChI=1S/C24H24N2/c1-2-3-4-19-5-7-20(8-6-19)9-10-21-11-14-23(15-12-21)24-16-13-22(17-25)18-26-24/h5-8,11-16,18H,2-4,9-10H2,1H3. The lowest BCUT2D eigenvalue weighted by Crippen LogP contribution is -1.93. The second-order valence-electron chi connectivity index (χ2n) is 6.66. The number of unbranched alkanes of at least 4 members (excludes halogenated alkanes) is 1. The molecule has 3 rings (SSSR count). The molecule has 0 fully saturated rings. The highest BCUT2D eigenvalue weighted by Crippen LogP contribution is 2.19. The second kappa shape index (κ2) is 8.97. The number of hydrogen-bond acceptors (Lipinski definition) is 2. The summed E-state index contributed by atoms with van der Waals surface area (Å²) < 4.78 is 0. The molecule has 0 bridgehead atoms. The smallest absolute Gasteiger partial charge is 0.101 e. The van der Waals surface area contributed by atoms with Crippen LogP contribution in [0.5, 0.6) is 0 Å². The number of benzene rings is 2. The Kier molecular flexibility index (Phi) is 6.17. The third-order valence-electron chi connectivity index (χ3n) is 4.69. The average Bonchev–Trinajstić information content (AvgIpc) is 2.72. The fraction of sp³-hybridized carbons (Fsp3) is 0.250. The molecule has 0 aliphatic heterocycles. The van der Waals surface area contributed by atoms with E-state index in [-0.39, 0.29) is 0 Å². The lowest BCUT2D eigenvalue weighted by molar-refractivity contribution is 0.794. The summed E-state index contributed by atoms with van der Waals surface area (Å²) in [5.41, 5.74) is 6.73. The topological polar surface area (TPSA) is 36.7 Å². The molecule has 1 aromatic heterocycles. The Hall–Kier alpha value is -2.92. The number of aromatic nitrogens is 1. The number of nitriles is 1. The Morgan fingerprint density at radius 1 is 0.769 bits per heavy atom. The van der Waals surface area contributed by atoms with Gasteiger partial charge < -0.3 is 0 Å². The lowest BCUT2D eigenvalue weighted by Gasteiger charge is -2.06. The molecular weight excluding hydrogens is 316 g/mol. The molecule has 2 heteroatoms. The first-order chi connectivity index (χ1) is 12.8. The lowest BCUT2D eigenvalue weighted by atomic mass is 10.0. The summed E-state index contributed by atoms with van der Waals surface area (Å²) in [5.74, 6) is 0. The minimum Gasteiger partial charge on any atom is -0.255 e. The van der Waals surface area contributed by atoms with Crippen molar-refractivity contribution < 1.29 is 0 Å². The van der Waals surface area contributed by atoms with Crippen molar-refractivity contribution in [3.8, 4) is 17.3 Å². The second-order valence-corrected chi connectivity index (χ2v) is 6.66. The highest BCUT2D eigenvalue weighted by atomic mass is 14.7. The van der Waals surface area contributed by atoms with Crippen molar-refractivity contribution in [2.45, 2.75) is 39.0 Å². The average molecular weight is 340 g/mol. The monoisotopic (exact) mass is 340 g/mol. The van der Waals surface area contributed by atoms with E-state index in [1.54, 1.807) is 12.3 Å². The minimum atomic E-state index is 0.589. The van der Waals surface area contributed by atoms with Crippen LogP contribution in [-0.2, 0) is 19.3 Å². The third kappa shape index (κ3) is 4.80. The van der Waals surface area contributed by atoms with Crippen LogP contribution in [0.25, 0.3) is 11.3 Å². The van der Waals surface area contributed by atoms with Crippen LogP contribution >= 0.6 is 0 Å². The SMILES string of the molecule is CCCCc1ccc(CCc2ccc(-c3ccc(C#N)cn3)cc2)cc1. The molecule has 0 aliphatic rings. The van der Waals surface area contributed by atoms with Gasteiger partial charge in [0.2, 0.25) is 0 Å². The van der Waals surface area contributed by atoms with Crippen molar-refractivity contribution in [3.63, 3.8) is 0 Å². The highest BCUT2D eigenvalue weighted by molar-refractivity contribution is 5.59. The van der Waals surface area contributed by atoms with E-state index < -0.39 is 0 Å². The van der Waals surface area contributed by atoms with Gasteiger partial charge in [0.15, 0.2) is 0 Å². The molecule has 3 aromatic rings. The van der Waals surface area contributed by atoms with E-state index in [4.69, 9.17) is 5.26 Å². The van der Waals surface area contributed by atoms with Crippen LogP contribution in [0.15, 0.2) is 66.9 Å². The fourth-order valence-electron chi connectivity index (χ4n) is 3.02. The van der Waals surface area contributed by atoms with E-state index in [2.05, 4.69) is 66.5 Å². The summed E-state index contributed by atoms with van der Waals surface area (Å²) in [7, 11) is 0. The molecule has 0 saturated carbocycles. The molecule has 0 amide bonds. The first-order valence-electron chi connectivity index (χ1n) is 9.32. The van der Waals surface area contributed by atoms with E-state index in [0.717, 1.165) is 24.1 Å². The van der Waals surface area contributed by atoms with Crippen LogP contribution in [-0.4, -0.2) is 4.98 Å². The van der Waals surface area contributed by atoms with Crippen LogP contribution in [0, 0.1) is 11.3 Å². The van der Waals surface area contributed by atoms with Crippen LogP contribution in [0.2, 0.25) is 0 Å². The van der Waals surface area contributed by atoms with Crippen molar-refractivity contribution in [2.75, 3.05) is 0 Å². The predicted molar refractivity (Wildman–Crippen MR) is 107 cm³/mol. The van der Waals surface area contributed by atoms with E-state index in [1.165, 1.54) is 36.0 Å². The Bertz CT molecular complexity index is 854. The molecule has 0 spiro atoms. The maximum atomic E-state index is 8.85. The summed E-state index contributed by atoms with van der Waals surface area (Å²) in [6, 6.07) is 23.4. The van der Waals surface area contributed by atoms with Crippen molar-refractivity contribution in [3.05, 3.63) is 89.1 Å². The molecule has 0 unspecified atom stereocenters. The normalized spacial score (nSPS) is 10.5. The quantitative estimate of drug-likeness (QED) is 0.549. The van der Waals surface area contributed by atoms with Crippen LogP contribution < -0.4 is 0 Å². The fourth-order valence-corrected chi connectivity index (χ4v) is 3.02. The van der Waals surface area contributed by atoms with Crippen LogP contribution in [0.1, 0.15) is 42.0 Å². The molecule has 0 saturated heterocycles. The molecule has 1 heterocycles. The van der Waals surface area contributed by atoms with E-state index in [9.17, 15) is 0 Å². The highest BCUT2D eigenvalue weighted by Gasteiger charge is 2.02. The van der Waals surface area contributed by atoms with Crippen molar-refractivity contribution in [1.29, 1.82) is 5.26 Å². The van der Waals surface area contributed by atoms with Crippen molar-refractivity contribution >= 4 is 0 Å². The summed E-state index contributed by atoms with van der Waals surface area (Å²) in [6.07, 6.45) is 7.41. The van der Waals surface area contributed by atoms with Crippen molar-refractivity contribution in [1.82, 2.24) is 4.98 Å². The Morgan fingerprint density at radius 3 is 1.85 bits per heavy atom. The van der Waals surface area contributed by atoms with Gasteiger partial charge in [-0.25, -0.2) is 0 Å². The van der Waals surface area contributed by atoms with E-state index in [0.29, 0.717) is 5.56 Å². The van der Waals surface area contributed by atoms with Gasteiger partial charge in [0.1, 0.15) is 6.07 Å². The van der Waals surface area contributed by atoms with E-state index in [1.807, 2.05) is 6.07 Å². The zero-order valence-corrected chi connectivity index (χ0v) is 15.3. The van der Waals surface area contributed by atoms with Gasteiger partial charge in [0.25, 0.3) is 0 Å². The number of nitrogens with zero attached hydrogens (tertiary/aromatic N) is 2. The number of pyridine rings is 1. The van der Waals surface area contributed by atoms with Gasteiger partial charge in [-0.15, -0.1) is 0 Å². The largest absolute Gasteiger partial charge is 0.255 e. The molecule has 0 radical (unpaired) electrons. The first kappa shape index (κ1) is 17.9. The number of rotatable bonds is 7. The zero-order chi connectivity index (χ0) is 18.2. The molecular formula is C24H24N2. The summed E-state index contributed by atoms with van der Waals surface area (Å²) in [5, 5.41) is 8.85. The molecule has 130 valence electrons. The molecule has 26 heavy (non-hydrogen) atoms. The maximum Gasteiger partial charge on any atom is 0.101 e. The first-order valence-corrected chi connectivity index (χ1v) is 9.32. The van der Waals surface area contributed by atoms with Gasteiger partial charge in [0.05, 0.1) is 11.3 Å². The van der Waals surface area contributed by atoms with Gasteiger partial charge in [0, 0.05) is 11.8 Å². The van der Waals surface area contributed by atoms with Gasteiger partial charge in [-0.1, -0.05) is 61.9 Å². The Balaban J connectivity index is 1.58. The van der Waals surface area contributed by atoms with E-state index >= 15 is 0 Å². The summed E-state index contributed by atoms with van der Waals surface area (Å²) in [6.45, 7) is 2.23.